The van der Waals surface area contributed by atoms with Crippen LogP contribution in [-0.2, 0) is 14.8 Å². The van der Waals surface area contributed by atoms with E-state index in [9.17, 15) is 13.2 Å². The van der Waals surface area contributed by atoms with E-state index in [-0.39, 0.29) is 16.1 Å². The van der Waals surface area contributed by atoms with E-state index < -0.39 is 10.0 Å². The van der Waals surface area contributed by atoms with Gasteiger partial charge in [0, 0.05) is 34.2 Å². The minimum Gasteiger partial charge on any atom is -0.310 e. The summed E-state index contributed by atoms with van der Waals surface area (Å²) in [5, 5.41) is 0.265. The monoisotopic (exact) mass is 408 g/mol. The summed E-state index contributed by atoms with van der Waals surface area (Å²) in [4.78, 5) is 15.7. The van der Waals surface area contributed by atoms with E-state index in [2.05, 4.69) is 11.6 Å². The highest BCUT2D eigenvalue weighted by atomic mass is 32.2. The first-order valence-corrected chi connectivity index (χ1v) is 11.6. The second kappa shape index (κ2) is 7.54. The van der Waals surface area contributed by atoms with E-state index in [0.717, 1.165) is 9.79 Å². The standard InChI is InChI=1S/C18H20N2O3S3/c1-12-11-20(13(2)21)17-10-16(7-8-18(17)25-12)26(22,23)19-14-5-4-6-15(9-14)24-3/h4-10,12,19H,11H2,1-3H3/t12-/m0/s1. The number of thioether (sulfide) groups is 2. The molecule has 5 nitrogen and oxygen atoms in total. The van der Waals surface area contributed by atoms with Gasteiger partial charge in [-0.3, -0.25) is 9.52 Å². The Kier molecular flexibility index (Phi) is 5.55. The number of nitrogens with one attached hydrogen (secondary N) is 1. The maximum atomic E-state index is 12.8. The van der Waals surface area contributed by atoms with Crippen molar-refractivity contribution in [1.29, 1.82) is 0 Å². The van der Waals surface area contributed by atoms with Crippen LogP contribution < -0.4 is 9.62 Å². The molecule has 0 aliphatic carbocycles. The van der Waals surface area contributed by atoms with E-state index in [0.29, 0.717) is 17.9 Å². The van der Waals surface area contributed by atoms with Crippen LogP contribution in [0.25, 0.3) is 0 Å². The summed E-state index contributed by atoms with van der Waals surface area (Å²) in [7, 11) is -3.74. The zero-order valence-electron chi connectivity index (χ0n) is 14.7. The number of fused-ring (bicyclic) bond motifs is 1. The van der Waals surface area contributed by atoms with Gasteiger partial charge in [-0.2, -0.15) is 0 Å². The molecule has 0 saturated heterocycles. The van der Waals surface area contributed by atoms with Gasteiger partial charge in [-0.15, -0.1) is 23.5 Å². The minimum atomic E-state index is -3.74. The number of sulfonamides is 1. The Labute approximate surface area is 162 Å². The molecule has 2 aromatic carbocycles. The smallest absolute Gasteiger partial charge is 0.261 e. The quantitative estimate of drug-likeness (QED) is 0.773. The summed E-state index contributed by atoms with van der Waals surface area (Å²) in [6.07, 6.45) is 1.94. The molecule has 0 aromatic heterocycles. The van der Waals surface area contributed by atoms with Crippen LogP contribution in [0.3, 0.4) is 0 Å². The van der Waals surface area contributed by atoms with Gasteiger partial charge in [0.2, 0.25) is 5.91 Å². The molecular weight excluding hydrogens is 388 g/mol. The van der Waals surface area contributed by atoms with E-state index in [1.807, 2.05) is 18.4 Å². The van der Waals surface area contributed by atoms with Crippen molar-refractivity contribution in [3.05, 3.63) is 42.5 Å². The molecule has 1 N–H and O–H groups in total. The average molecular weight is 409 g/mol. The fraction of sp³-hybridized carbons (Fsp3) is 0.278. The van der Waals surface area contributed by atoms with Gasteiger partial charge in [0.25, 0.3) is 10.0 Å². The van der Waals surface area contributed by atoms with E-state index in [1.54, 1.807) is 58.8 Å². The molecule has 138 valence electrons. The molecule has 0 radical (unpaired) electrons. The second-order valence-corrected chi connectivity index (χ2v) is 10.1. The minimum absolute atomic E-state index is 0.0893. The fourth-order valence-electron chi connectivity index (χ4n) is 2.78. The lowest BCUT2D eigenvalue weighted by molar-refractivity contribution is -0.116. The third-order valence-electron chi connectivity index (χ3n) is 4.00. The van der Waals surface area contributed by atoms with Crippen molar-refractivity contribution in [2.24, 2.45) is 0 Å². The largest absolute Gasteiger partial charge is 0.310 e. The van der Waals surface area contributed by atoms with Crippen molar-refractivity contribution < 1.29 is 13.2 Å². The van der Waals surface area contributed by atoms with Crippen LogP contribution >= 0.6 is 23.5 Å². The summed E-state index contributed by atoms with van der Waals surface area (Å²) >= 11 is 3.19. The first kappa shape index (κ1) is 19.1. The maximum absolute atomic E-state index is 12.8. The number of anilines is 2. The third-order valence-corrected chi connectivity index (χ3v) is 7.26. The molecule has 0 bridgehead atoms. The van der Waals surface area contributed by atoms with Crippen LogP contribution in [0, 0.1) is 0 Å². The van der Waals surface area contributed by atoms with Gasteiger partial charge in [0.05, 0.1) is 10.6 Å². The topological polar surface area (TPSA) is 66.5 Å². The van der Waals surface area contributed by atoms with Gasteiger partial charge >= 0.3 is 0 Å². The third kappa shape index (κ3) is 4.02. The molecule has 0 saturated carbocycles. The maximum Gasteiger partial charge on any atom is 0.261 e. The molecule has 8 heteroatoms. The lowest BCUT2D eigenvalue weighted by Crippen LogP contribution is -2.37. The summed E-state index contributed by atoms with van der Waals surface area (Å²) < 4.78 is 28.2. The number of benzene rings is 2. The molecule has 3 rings (SSSR count). The summed E-state index contributed by atoms with van der Waals surface area (Å²) in [6, 6.07) is 12.2. The number of carbonyl (C=O) groups is 1. The van der Waals surface area contributed by atoms with Crippen LogP contribution in [0.5, 0.6) is 0 Å². The second-order valence-electron chi connectivity index (χ2n) is 6.03. The van der Waals surface area contributed by atoms with Crippen molar-refractivity contribution in [2.45, 2.75) is 33.8 Å². The van der Waals surface area contributed by atoms with Crippen LogP contribution in [0.15, 0.2) is 57.2 Å². The summed E-state index contributed by atoms with van der Waals surface area (Å²) in [5.74, 6) is -0.0893. The average Bonchev–Trinajstić information content (AvgIpc) is 2.60. The van der Waals surface area contributed by atoms with Crippen molar-refractivity contribution in [1.82, 2.24) is 0 Å². The zero-order valence-corrected chi connectivity index (χ0v) is 17.2. The summed E-state index contributed by atoms with van der Waals surface area (Å²) in [5.41, 5.74) is 1.17. The predicted octanol–water partition coefficient (Wildman–Crippen LogP) is 4.06. The lowest BCUT2D eigenvalue weighted by Gasteiger charge is -2.32. The first-order valence-electron chi connectivity index (χ1n) is 8.06. The Morgan fingerprint density at radius 3 is 2.73 bits per heavy atom. The van der Waals surface area contributed by atoms with Gasteiger partial charge in [-0.05, 0) is 42.7 Å². The van der Waals surface area contributed by atoms with Crippen LogP contribution in [0.4, 0.5) is 11.4 Å². The zero-order chi connectivity index (χ0) is 18.9. The lowest BCUT2D eigenvalue weighted by atomic mass is 10.2. The highest BCUT2D eigenvalue weighted by Crippen LogP contribution is 2.39. The van der Waals surface area contributed by atoms with E-state index in [4.69, 9.17) is 0 Å². The van der Waals surface area contributed by atoms with E-state index in [1.165, 1.54) is 6.92 Å². The number of carbonyl (C=O) groups excluding carboxylic acids is 1. The van der Waals surface area contributed by atoms with Gasteiger partial charge in [-0.1, -0.05) is 13.0 Å². The molecule has 0 spiro atoms. The number of rotatable bonds is 4. The van der Waals surface area contributed by atoms with Gasteiger partial charge in [0.15, 0.2) is 0 Å². The van der Waals surface area contributed by atoms with Gasteiger partial charge < -0.3 is 4.90 Å². The number of nitrogens with zero attached hydrogens (tertiary/aromatic N) is 1. The molecule has 1 heterocycles. The summed E-state index contributed by atoms with van der Waals surface area (Å²) in [6.45, 7) is 4.12. The Balaban J connectivity index is 1.96. The number of amides is 1. The Hall–Kier alpha value is -1.64. The normalized spacial score (nSPS) is 16.9. The Morgan fingerprint density at radius 2 is 2.04 bits per heavy atom. The van der Waals surface area contributed by atoms with Crippen molar-refractivity contribution >= 4 is 50.8 Å². The van der Waals surface area contributed by atoms with Crippen molar-refractivity contribution in [3.8, 4) is 0 Å². The molecule has 1 aliphatic heterocycles. The Morgan fingerprint density at radius 1 is 1.27 bits per heavy atom. The highest BCUT2D eigenvalue weighted by molar-refractivity contribution is 8.00. The number of hydrogen-bond donors (Lipinski definition) is 1. The molecule has 1 amide bonds. The van der Waals surface area contributed by atoms with Gasteiger partial charge in [-0.25, -0.2) is 8.42 Å². The fourth-order valence-corrected chi connectivity index (χ4v) is 5.41. The molecule has 0 fully saturated rings. The SMILES string of the molecule is CSc1cccc(NS(=O)(=O)c2ccc3c(c2)N(C(C)=O)C[C@H](C)S3)c1. The molecule has 1 aliphatic rings. The van der Waals surface area contributed by atoms with Crippen molar-refractivity contribution in [3.63, 3.8) is 0 Å². The Bertz CT molecular complexity index is 944. The molecule has 26 heavy (non-hydrogen) atoms. The first-order chi connectivity index (χ1) is 12.3. The molecule has 1 atom stereocenters. The van der Waals surface area contributed by atoms with Crippen LogP contribution in [0.1, 0.15) is 13.8 Å². The van der Waals surface area contributed by atoms with E-state index >= 15 is 0 Å². The van der Waals surface area contributed by atoms with Crippen LogP contribution in [-0.4, -0.2) is 32.4 Å². The van der Waals surface area contributed by atoms with Crippen molar-refractivity contribution in [2.75, 3.05) is 22.4 Å². The highest BCUT2D eigenvalue weighted by Gasteiger charge is 2.27. The van der Waals surface area contributed by atoms with Gasteiger partial charge in [0.1, 0.15) is 0 Å². The molecule has 2 aromatic rings. The predicted molar refractivity (Wildman–Crippen MR) is 109 cm³/mol. The number of hydrogen-bond acceptors (Lipinski definition) is 5. The molecule has 0 unspecified atom stereocenters. The molecular formula is C18H20N2O3S3. The van der Waals surface area contributed by atoms with Crippen LogP contribution in [0.2, 0.25) is 0 Å².